The SMILES string of the molecule is CNCc1ccc(S(=O)(=O)NCc2ccc(Br)cc2)s1. The second-order valence-electron chi connectivity index (χ2n) is 4.20. The Morgan fingerprint density at radius 3 is 2.45 bits per heavy atom. The van der Waals surface area contributed by atoms with Crippen LogP contribution in [-0.2, 0) is 23.1 Å². The van der Waals surface area contributed by atoms with Crippen LogP contribution in [0.3, 0.4) is 0 Å². The fraction of sp³-hybridized carbons (Fsp3) is 0.231. The Morgan fingerprint density at radius 2 is 1.80 bits per heavy atom. The summed E-state index contributed by atoms with van der Waals surface area (Å²) in [5.74, 6) is 0. The van der Waals surface area contributed by atoms with Gasteiger partial charge in [-0.25, -0.2) is 13.1 Å². The van der Waals surface area contributed by atoms with Crippen molar-refractivity contribution >= 4 is 37.3 Å². The van der Waals surface area contributed by atoms with Crippen LogP contribution in [0.2, 0.25) is 0 Å². The molecule has 2 rings (SSSR count). The van der Waals surface area contributed by atoms with E-state index in [-0.39, 0.29) is 6.54 Å². The first kappa shape index (κ1) is 15.7. The van der Waals surface area contributed by atoms with E-state index >= 15 is 0 Å². The van der Waals surface area contributed by atoms with E-state index in [1.54, 1.807) is 6.07 Å². The maximum atomic E-state index is 12.2. The predicted octanol–water partition coefficient (Wildman–Crippen LogP) is 2.71. The van der Waals surface area contributed by atoms with Crippen LogP contribution >= 0.6 is 27.3 Å². The average Bonchev–Trinajstić information content (AvgIpc) is 2.88. The van der Waals surface area contributed by atoms with E-state index in [2.05, 4.69) is 26.0 Å². The van der Waals surface area contributed by atoms with Gasteiger partial charge >= 0.3 is 0 Å². The molecule has 0 unspecified atom stereocenters. The van der Waals surface area contributed by atoms with Gasteiger partial charge in [0.25, 0.3) is 0 Å². The van der Waals surface area contributed by atoms with Crippen molar-refractivity contribution in [3.8, 4) is 0 Å². The Kier molecular flexibility index (Phi) is 5.34. The highest BCUT2D eigenvalue weighted by Crippen LogP contribution is 2.21. The van der Waals surface area contributed by atoms with Crippen LogP contribution in [0.15, 0.2) is 45.1 Å². The second kappa shape index (κ2) is 6.82. The molecule has 0 aliphatic rings. The first-order chi connectivity index (χ1) is 9.51. The van der Waals surface area contributed by atoms with E-state index in [0.29, 0.717) is 10.8 Å². The molecule has 7 heteroatoms. The molecule has 0 fully saturated rings. The van der Waals surface area contributed by atoms with Crippen LogP contribution in [0.5, 0.6) is 0 Å². The molecule has 2 N–H and O–H groups in total. The highest BCUT2D eigenvalue weighted by atomic mass is 79.9. The van der Waals surface area contributed by atoms with Crippen molar-refractivity contribution in [3.63, 3.8) is 0 Å². The lowest BCUT2D eigenvalue weighted by molar-refractivity contribution is 0.583. The first-order valence-electron chi connectivity index (χ1n) is 5.99. The molecule has 1 aromatic heterocycles. The zero-order valence-corrected chi connectivity index (χ0v) is 14.1. The summed E-state index contributed by atoms with van der Waals surface area (Å²) in [7, 11) is -1.60. The van der Waals surface area contributed by atoms with Gasteiger partial charge in [-0.2, -0.15) is 0 Å². The summed E-state index contributed by atoms with van der Waals surface area (Å²) in [4.78, 5) is 0.997. The lowest BCUT2D eigenvalue weighted by Gasteiger charge is -2.05. The van der Waals surface area contributed by atoms with Gasteiger partial charge in [0, 0.05) is 22.4 Å². The number of hydrogen-bond donors (Lipinski definition) is 2. The van der Waals surface area contributed by atoms with Crippen molar-refractivity contribution in [1.82, 2.24) is 10.0 Å². The molecule has 2 aromatic rings. The molecule has 108 valence electrons. The number of nitrogens with one attached hydrogen (secondary N) is 2. The molecule has 1 aromatic carbocycles. The highest BCUT2D eigenvalue weighted by molar-refractivity contribution is 9.10. The van der Waals surface area contributed by atoms with Gasteiger partial charge in [0.2, 0.25) is 10.0 Å². The molecule has 0 bridgehead atoms. The number of thiophene rings is 1. The van der Waals surface area contributed by atoms with E-state index in [4.69, 9.17) is 0 Å². The third-order valence-electron chi connectivity index (χ3n) is 2.63. The zero-order chi connectivity index (χ0) is 14.6. The van der Waals surface area contributed by atoms with E-state index in [1.165, 1.54) is 11.3 Å². The predicted molar refractivity (Wildman–Crippen MR) is 85.3 cm³/mol. The Balaban J connectivity index is 2.04. The van der Waals surface area contributed by atoms with Crippen molar-refractivity contribution < 1.29 is 8.42 Å². The topological polar surface area (TPSA) is 58.2 Å². The van der Waals surface area contributed by atoms with Gasteiger partial charge in [-0.05, 0) is 36.9 Å². The Hall–Kier alpha value is -0.730. The van der Waals surface area contributed by atoms with Crippen LogP contribution in [0, 0.1) is 0 Å². The third-order valence-corrected chi connectivity index (χ3v) is 6.14. The summed E-state index contributed by atoms with van der Waals surface area (Å²) >= 11 is 4.63. The van der Waals surface area contributed by atoms with Crippen molar-refractivity contribution in [1.29, 1.82) is 0 Å². The van der Waals surface area contributed by atoms with Crippen LogP contribution in [0.25, 0.3) is 0 Å². The van der Waals surface area contributed by atoms with Crippen molar-refractivity contribution in [3.05, 3.63) is 51.3 Å². The first-order valence-corrected chi connectivity index (χ1v) is 9.08. The van der Waals surface area contributed by atoms with E-state index in [9.17, 15) is 8.42 Å². The summed E-state index contributed by atoms with van der Waals surface area (Å²) in [5.41, 5.74) is 0.920. The molecule has 0 amide bonds. The number of hydrogen-bond acceptors (Lipinski definition) is 4. The normalized spacial score (nSPS) is 11.7. The van der Waals surface area contributed by atoms with Crippen LogP contribution in [-0.4, -0.2) is 15.5 Å². The van der Waals surface area contributed by atoms with Crippen molar-refractivity contribution in [2.24, 2.45) is 0 Å². The summed E-state index contributed by atoms with van der Waals surface area (Å²) < 4.78 is 28.3. The van der Waals surface area contributed by atoms with E-state index in [0.717, 1.165) is 14.9 Å². The minimum absolute atomic E-state index is 0.287. The molecule has 0 spiro atoms. The van der Waals surface area contributed by atoms with Gasteiger partial charge in [0.1, 0.15) is 4.21 Å². The second-order valence-corrected chi connectivity index (χ2v) is 8.28. The van der Waals surface area contributed by atoms with Crippen LogP contribution in [0.4, 0.5) is 0 Å². The van der Waals surface area contributed by atoms with Crippen LogP contribution < -0.4 is 10.0 Å². The lowest BCUT2D eigenvalue weighted by atomic mass is 10.2. The molecule has 0 aliphatic heterocycles. The Labute approximate surface area is 131 Å². The summed E-state index contributed by atoms with van der Waals surface area (Å²) in [6, 6.07) is 11.0. The Bertz CT molecular complexity index is 666. The molecule has 4 nitrogen and oxygen atoms in total. The highest BCUT2D eigenvalue weighted by Gasteiger charge is 2.16. The Morgan fingerprint density at radius 1 is 1.10 bits per heavy atom. The van der Waals surface area contributed by atoms with Crippen molar-refractivity contribution in [2.45, 2.75) is 17.3 Å². The molecule has 0 aliphatic carbocycles. The molecular weight excluding hydrogens is 360 g/mol. The maximum absolute atomic E-state index is 12.2. The monoisotopic (exact) mass is 374 g/mol. The van der Waals surface area contributed by atoms with Gasteiger partial charge < -0.3 is 5.32 Å². The largest absolute Gasteiger partial charge is 0.315 e. The van der Waals surface area contributed by atoms with Gasteiger partial charge in [0.05, 0.1) is 0 Å². The quantitative estimate of drug-likeness (QED) is 0.816. The lowest BCUT2D eigenvalue weighted by Crippen LogP contribution is -2.22. The van der Waals surface area contributed by atoms with Gasteiger partial charge in [-0.1, -0.05) is 28.1 Å². The molecule has 1 heterocycles. The zero-order valence-electron chi connectivity index (χ0n) is 10.9. The molecule has 0 atom stereocenters. The minimum atomic E-state index is -3.44. The molecule has 20 heavy (non-hydrogen) atoms. The molecule has 0 radical (unpaired) electrons. The summed E-state index contributed by atoms with van der Waals surface area (Å²) in [5, 5.41) is 3.00. The van der Waals surface area contributed by atoms with Gasteiger partial charge in [0.15, 0.2) is 0 Å². The third kappa shape index (κ3) is 4.13. The van der Waals surface area contributed by atoms with E-state index in [1.807, 2.05) is 37.4 Å². The number of rotatable bonds is 6. The summed E-state index contributed by atoms with van der Waals surface area (Å²) in [6.07, 6.45) is 0. The van der Waals surface area contributed by atoms with Crippen molar-refractivity contribution in [2.75, 3.05) is 7.05 Å². The number of halogens is 1. The number of benzene rings is 1. The fourth-order valence-electron chi connectivity index (χ4n) is 1.62. The van der Waals surface area contributed by atoms with Gasteiger partial charge in [-0.3, -0.25) is 0 Å². The molecule has 0 saturated heterocycles. The molecular formula is C13H15BrN2O2S2. The fourth-order valence-corrected chi connectivity index (χ4v) is 4.32. The maximum Gasteiger partial charge on any atom is 0.250 e. The minimum Gasteiger partial charge on any atom is -0.315 e. The average molecular weight is 375 g/mol. The molecule has 0 saturated carbocycles. The van der Waals surface area contributed by atoms with Crippen LogP contribution in [0.1, 0.15) is 10.4 Å². The van der Waals surface area contributed by atoms with Gasteiger partial charge in [-0.15, -0.1) is 11.3 Å². The van der Waals surface area contributed by atoms with E-state index < -0.39 is 10.0 Å². The number of sulfonamides is 1. The standard InChI is InChI=1S/C13H15BrN2O2S2/c1-15-9-12-6-7-13(19-12)20(17,18)16-8-10-2-4-11(14)5-3-10/h2-7,15-16H,8-9H2,1H3. The smallest absolute Gasteiger partial charge is 0.250 e. The summed E-state index contributed by atoms with van der Waals surface area (Å²) in [6.45, 7) is 0.960.